The number of anilines is 1. The van der Waals surface area contributed by atoms with E-state index in [9.17, 15) is 9.59 Å². The molecule has 0 N–H and O–H groups in total. The van der Waals surface area contributed by atoms with Crippen molar-refractivity contribution in [2.24, 2.45) is 0 Å². The van der Waals surface area contributed by atoms with E-state index in [1.165, 1.54) is 11.3 Å². The molecule has 2 heterocycles. The maximum Gasteiger partial charge on any atom is 0.358 e. The number of carbonyl (C=O) groups is 1. The average molecular weight is 386 g/mol. The van der Waals surface area contributed by atoms with Crippen molar-refractivity contribution < 1.29 is 13.9 Å². The fourth-order valence-corrected chi connectivity index (χ4v) is 3.84. The first-order valence-corrected chi connectivity index (χ1v) is 9.77. The predicted molar refractivity (Wildman–Crippen MR) is 108 cm³/mol. The number of ether oxygens (including phenoxy) is 1. The Morgan fingerprint density at radius 3 is 2.63 bits per heavy atom. The van der Waals surface area contributed by atoms with Crippen LogP contribution in [0.3, 0.4) is 0 Å². The molecule has 0 unspecified atom stereocenters. The molecule has 3 aromatic rings. The molecule has 2 aromatic heterocycles. The van der Waals surface area contributed by atoms with Gasteiger partial charge in [0, 0.05) is 35.1 Å². The third kappa shape index (κ3) is 3.73. The van der Waals surface area contributed by atoms with Crippen LogP contribution in [0.1, 0.15) is 36.1 Å². The molecule has 0 atom stereocenters. The van der Waals surface area contributed by atoms with Crippen LogP contribution in [0.4, 0.5) is 5.69 Å². The highest BCUT2D eigenvalue weighted by Crippen LogP contribution is 2.29. The fourth-order valence-electron chi connectivity index (χ4n) is 2.93. The Labute approximate surface area is 161 Å². The monoisotopic (exact) mass is 386 g/mol. The molecule has 0 fully saturated rings. The first kappa shape index (κ1) is 19.1. The van der Waals surface area contributed by atoms with Crippen LogP contribution in [0, 0.1) is 6.92 Å². The zero-order valence-corrected chi connectivity index (χ0v) is 16.7. The van der Waals surface area contributed by atoms with Crippen LogP contribution in [-0.4, -0.2) is 30.6 Å². The molecule has 1 aromatic carbocycles. The van der Waals surface area contributed by atoms with Crippen molar-refractivity contribution in [1.29, 1.82) is 0 Å². The smallest absolute Gasteiger partial charge is 0.358 e. The summed E-state index contributed by atoms with van der Waals surface area (Å²) in [6, 6.07) is 7.59. The summed E-state index contributed by atoms with van der Waals surface area (Å²) in [6.07, 6.45) is 0. The third-order valence-corrected chi connectivity index (χ3v) is 5.35. The van der Waals surface area contributed by atoms with E-state index in [-0.39, 0.29) is 12.3 Å². The van der Waals surface area contributed by atoms with Gasteiger partial charge in [-0.05, 0) is 45.9 Å². The van der Waals surface area contributed by atoms with E-state index in [4.69, 9.17) is 9.15 Å². The summed E-state index contributed by atoms with van der Waals surface area (Å²) in [5, 5.41) is 1.27. The topological polar surface area (TPSA) is 72.6 Å². The van der Waals surface area contributed by atoms with Crippen molar-refractivity contribution in [3.05, 3.63) is 45.3 Å². The number of aromatic nitrogens is 1. The van der Waals surface area contributed by atoms with Gasteiger partial charge in [0.2, 0.25) is 0 Å². The second-order valence-corrected chi connectivity index (χ2v) is 7.19. The Morgan fingerprint density at radius 1 is 1.22 bits per heavy atom. The lowest BCUT2D eigenvalue weighted by Gasteiger charge is -2.20. The maximum atomic E-state index is 12.5. The molecule has 27 heavy (non-hydrogen) atoms. The number of hydrogen-bond donors (Lipinski definition) is 0. The van der Waals surface area contributed by atoms with Crippen LogP contribution in [0.2, 0.25) is 0 Å². The lowest BCUT2D eigenvalue weighted by atomic mass is 10.1. The van der Waals surface area contributed by atoms with Gasteiger partial charge in [0.25, 0.3) is 0 Å². The number of hydrogen-bond acceptors (Lipinski definition) is 7. The molecule has 0 aliphatic carbocycles. The van der Waals surface area contributed by atoms with Crippen molar-refractivity contribution in [3.8, 4) is 10.6 Å². The van der Waals surface area contributed by atoms with Crippen molar-refractivity contribution in [2.45, 2.75) is 27.7 Å². The van der Waals surface area contributed by atoms with E-state index in [0.717, 1.165) is 24.2 Å². The summed E-state index contributed by atoms with van der Waals surface area (Å²) in [7, 11) is 0. The number of esters is 1. The third-order valence-electron chi connectivity index (χ3n) is 4.34. The molecule has 6 nitrogen and oxygen atoms in total. The van der Waals surface area contributed by atoms with Gasteiger partial charge in [-0.25, -0.2) is 14.6 Å². The number of aryl methyl sites for hydroxylation is 1. The van der Waals surface area contributed by atoms with Crippen LogP contribution in [0.5, 0.6) is 0 Å². The molecule has 0 spiro atoms. The quantitative estimate of drug-likeness (QED) is 0.466. The molecule has 0 saturated heterocycles. The molecule has 0 radical (unpaired) electrons. The van der Waals surface area contributed by atoms with Crippen LogP contribution in [0.25, 0.3) is 21.5 Å². The normalized spacial score (nSPS) is 11.0. The fraction of sp³-hybridized carbons (Fsp3) is 0.350. The Kier molecular flexibility index (Phi) is 5.60. The van der Waals surface area contributed by atoms with E-state index in [2.05, 4.69) is 23.7 Å². The minimum atomic E-state index is -0.480. The number of benzene rings is 1. The predicted octanol–water partition coefficient (Wildman–Crippen LogP) is 4.25. The van der Waals surface area contributed by atoms with Gasteiger partial charge in [0.05, 0.1) is 12.2 Å². The van der Waals surface area contributed by atoms with Gasteiger partial charge in [-0.2, -0.15) is 0 Å². The van der Waals surface area contributed by atoms with Gasteiger partial charge < -0.3 is 14.1 Å². The summed E-state index contributed by atoms with van der Waals surface area (Å²) in [4.78, 5) is 31.7. The second kappa shape index (κ2) is 7.92. The Bertz CT molecular complexity index is 1030. The van der Waals surface area contributed by atoms with Crippen LogP contribution in [-0.2, 0) is 4.74 Å². The van der Waals surface area contributed by atoms with E-state index in [1.54, 1.807) is 19.9 Å². The lowest BCUT2D eigenvalue weighted by molar-refractivity contribution is 0.0519. The minimum absolute atomic E-state index is 0.244. The first-order valence-electron chi connectivity index (χ1n) is 8.96. The summed E-state index contributed by atoms with van der Waals surface area (Å²) in [5.41, 5.74) is 1.67. The highest BCUT2D eigenvalue weighted by molar-refractivity contribution is 7.15. The summed E-state index contributed by atoms with van der Waals surface area (Å²) >= 11 is 1.28. The van der Waals surface area contributed by atoms with Gasteiger partial charge in [-0.1, -0.05) is 0 Å². The largest absolute Gasteiger partial charge is 0.461 e. The standard InChI is InChI=1S/C20H22N2O4S/c1-5-22(6-2)14-9-8-13-10-15(19(23)26-16(13)11-14)18-21-17(12(4)27-18)20(24)25-7-3/h8-11H,5-7H2,1-4H3. The maximum absolute atomic E-state index is 12.5. The molecular weight excluding hydrogens is 364 g/mol. The van der Waals surface area contributed by atoms with E-state index < -0.39 is 11.6 Å². The van der Waals surface area contributed by atoms with Crippen LogP contribution < -0.4 is 10.5 Å². The van der Waals surface area contributed by atoms with Gasteiger partial charge >= 0.3 is 11.6 Å². The van der Waals surface area contributed by atoms with Crippen molar-refractivity contribution in [2.75, 3.05) is 24.6 Å². The number of fused-ring (bicyclic) bond motifs is 1. The van der Waals surface area contributed by atoms with Crippen molar-refractivity contribution in [1.82, 2.24) is 4.98 Å². The van der Waals surface area contributed by atoms with Crippen molar-refractivity contribution >= 4 is 34.0 Å². The number of carbonyl (C=O) groups excluding carboxylic acids is 1. The number of nitrogens with zero attached hydrogens (tertiary/aromatic N) is 2. The van der Waals surface area contributed by atoms with Crippen LogP contribution in [0.15, 0.2) is 33.5 Å². The summed E-state index contributed by atoms with van der Waals surface area (Å²) in [6.45, 7) is 9.71. The van der Waals surface area contributed by atoms with E-state index >= 15 is 0 Å². The highest BCUT2D eigenvalue weighted by Gasteiger charge is 2.20. The molecular formula is C20H22N2O4S. The SMILES string of the molecule is CCOC(=O)c1nc(-c2cc3ccc(N(CC)CC)cc3oc2=O)sc1C. The van der Waals surface area contributed by atoms with E-state index in [1.807, 2.05) is 18.2 Å². The molecule has 0 saturated carbocycles. The first-order chi connectivity index (χ1) is 13.0. The molecule has 0 amide bonds. The summed E-state index contributed by atoms with van der Waals surface area (Å²) in [5.74, 6) is -0.480. The molecule has 0 aliphatic rings. The second-order valence-electron chi connectivity index (χ2n) is 5.99. The van der Waals surface area contributed by atoms with Gasteiger partial charge in [0.1, 0.15) is 10.6 Å². The Hall–Kier alpha value is -2.67. The molecule has 0 bridgehead atoms. The Balaban J connectivity index is 2.05. The minimum Gasteiger partial charge on any atom is -0.461 e. The number of rotatable bonds is 6. The average Bonchev–Trinajstić information content (AvgIpc) is 3.04. The van der Waals surface area contributed by atoms with Crippen molar-refractivity contribution in [3.63, 3.8) is 0 Å². The van der Waals surface area contributed by atoms with Gasteiger partial charge in [-0.15, -0.1) is 11.3 Å². The molecule has 7 heteroatoms. The summed E-state index contributed by atoms with van der Waals surface area (Å²) < 4.78 is 10.6. The molecule has 0 aliphatic heterocycles. The zero-order chi connectivity index (χ0) is 19.6. The van der Waals surface area contributed by atoms with E-state index in [0.29, 0.717) is 21.0 Å². The molecule has 3 rings (SSSR count). The highest BCUT2D eigenvalue weighted by atomic mass is 32.1. The zero-order valence-electron chi connectivity index (χ0n) is 15.9. The molecule has 142 valence electrons. The van der Waals surface area contributed by atoms with Crippen LogP contribution >= 0.6 is 11.3 Å². The number of thiazole rings is 1. The van der Waals surface area contributed by atoms with Gasteiger partial charge in [0.15, 0.2) is 5.69 Å². The Morgan fingerprint density at radius 2 is 1.96 bits per heavy atom. The van der Waals surface area contributed by atoms with Gasteiger partial charge in [-0.3, -0.25) is 0 Å². The lowest BCUT2D eigenvalue weighted by Crippen LogP contribution is -2.21.